The largest absolute Gasteiger partial charge is 0.611 e. The van der Waals surface area contributed by atoms with Crippen LogP contribution in [-0.2, 0) is 11.2 Å². The number of fused-ring (bicyclic) bond motifs is 1. The van der Waals surface area contributed by atoms with Gasteiger partial charge in [-0.25, -0.2) is 9.97 Å². The third-order valence-corrected chi connectivity index (χ3v) is 8.26. The van der Waals surface area contributed by atoms with E-state index in [-0.39, 0.29) is 0 Å². The molecule has 143 valence electrons. The molecule has 0 amide bonds. The number of anilines is 1. The molecule has 1 unspecified atom stereocenters. The van der Waals surface area contributed by atoms with Crippen molar-refractivity contribution in [1.82, 2.24) is 9.97 Å². The molecule has 0 aliphatic heterocycles. The second-order valence-electron chi connectivity index (χ2n) is 6.48. The minimum absolute atomic E-state index is 0.585. The van der Waals surface area contributed by atoms with Crippen LogP contribution in [0.5, 0.6) is 0 Å². The van der Waals surface area contributed by atoms with Crippen molar-refractivity contribution < 1.29 is 4.55 Å². The van der Waals surface area contributed by atoms with Gasteiger partial charge in [0.15, 0.2) is 0 Å². The van der Waals surface area contributed by atoms with E-state index >= 15 is 0 Å². The van der Waals surface area contributed by atoms with Crippen LogP contribution in [0.15, 0.2) is 46.1 Å². The molecule has 0 bridgehead atoms. The summed E-state index contributed by atoms with van der Waals surface area (Å²) in [5.41, 5.74) is 10.9. The van der Waals surface area contributed by atoms with Crippen molar-refractivity contribution in [3.05, 3.63) is 54.4 Å². The van der Waals surface area contributed by atoms with Gasteiger partial charge in [0.05, 0.1) is 0 Å². The van der Waals surface area contributed by atoms with E-state index in [0.29, 0.717) is 11.4 Å². The average molecular weight is 427 g/mol. The van der Waals surface area contributed by atoms with Gasteiger partial charge >= 0.3 is 0 Å². The topological polar surface area (TPSA) is 74.9 Å². The van der Waals surface area contributed by atoms with Crippen molar-refractivity contribution in [2.24, 2.45) is 0 Å². The summed E-state index contributed by atoms with van der Waals surface area (Å²) in [6.07, 6.45) is 3.69. The summed E-state index contributed by atoms with van der Waals surface area (Å²) in [6, 6.07) is 10.1. The molecule has 1 radical (unpaired) electrons. The van der Waals surface area contributed by atoms with E-state index in [0.717, 1.165) is 54.7 Å². The lowest BCUT2D eigenvalue weighted by atomic mass is 10.0. The van der Waals surface area contributed by atoms with Crippen LogP contribution in [0.2, 0.25) is 0 Å². The summed E-state index contributed by atoms with van der Waals surface area (Å²) in [5.74, 6) is 0.623. The highest BCUT2D eigenvalue weighted by atomic mass is 32.2. The highest BCUT2D eigenvalue weighted by Crippen LogP contribution is 2.43. The normalized spacial score (nSPS) is 12.5. The number of rotatable bonds is 6. The van der Waals surface area contributed by atoms with Crippen molar-refractivity contribution in [3.8, 4) is 21.8 Å². The summed E-state index contributed by atoms with van der Waals surface area (Å²) in [7, 11) is 0. The van der Waals surface area contributed by atoms with Crippen LogP contribution < -0.4 is 5.73 Å². The molecule has 0 fully saturated rings. The highest BCUT2D eigenvalue weighted by Gasteiger charge is 2.24. The van der Waals surface area contributed by atoms with E-state index in [4.69, 9.17) is 10.7 Å². The second-order valence-corrected chi connectivity index (χ2v) is 10.1. The number of nitrogen functional groups attached to an aromatic ring is 1. The summed E-state index contributed by atoms with van der Waals surface area (Å²) in [5, 5.41) is 3.67. The lowest BCUT2D eigenvalue weighted by molar-refractivity contribution is 0.594. The van der Waals surface area contributed by atoms with Crippen LogP contribution in [0.4, 0.5) is 5.69 Å². The SMILES string of the molecule is [CH2]c1ccc(-c2cc(-c3nccs3)nc3sc([S+]([O-])CCCC)c(N)c23)cc1. The Bertz CT molecular complexity index is 1090. The molecule has 4 nitrogen and oxygen atoms in total. The van der Waals surface area contributed by atoms with Crippen LogP contribution in [0, 0.1) is 6.92 Å². The Kier molecular flexibility index (Phi) is 5.68. The molecule has 0 saturated carbocycles. The molecule has 3 aromatic heterocycles. The van der Waals surface area contributed by atoms with E-state index in [1.165, 1.54) is 11.3 Å². The number of hydrogen-bond donors (Lipinski definition) is 1. The fraction of sp³-hybridized carbons (Fsp3) is 0.190. The molecule has 3 heterocycles. The minimum atomic E-state index is -1.11. The third-order valence-electron chi connectivity index (χ3n) is 4.47. The standard InChI is InChI=1S/C21H20N3OS3/c1-3-4-11-28(25)21-18(22)17-15(14-7-5-13(2)6-8-14)12-16(24-20(17)27-21)19-23-9-10-26-19/h5-10,12H,2-4,11,22H2,1H3. The van der Waals surface area contributed by atoms with Gasteiger partial charge in [0.25, 0.3) is 0 Å². The first-order valence-electron chi connectivity index (χ1n) is 9.02. The van der Waals surface area contributed by atoms with E-state index in [2.05, 4.69) is 18.8 Å². The fourth-order valence-electron chi connectivity index (χ4n) is 3.01. The minimum Gasteiger partial charge on any atom is -0.611 e. The molecule has 0 aliphatic carbocycles. The van der Waals surface area contributed by atoms with Crippen molar-refractivity contribution in [3.63, 3.8) is 0 Å². The number of thiophene rings is 1. The zero-order valence-corrected chi connectivity index (χ0v) is 17.9. The Hall–Kier alpha value is -1.93. The summed E-state index contributed by atoms with van der Waals surface area (Å²) >= 11 is 1.87. The first-order valence-corrected chi connectivity index (χ1v) is 12.0. The zero-order chi connectivity index (χ0) is 19.7. The second kappa shape index (κ2) is 8.21. The number of nitrogens with zero attached hydrogens (tertiary/aromatic N) is 2. The monoisotopic (exact) mass is 426 g/mol. The van der Waals surface area contributed by atoms with Crippen LogP contribution in [0.1, 0.15) is 25.3 Å². The van der Waals surface area contributed by atoms with Crippen LogP contribution in [0.3, 0.4) is 0 Å². The van der Waals surface area contributed by atoms with Gasteiger partial charge in [-0.1, -0.05) is 48.9 Å². The molecule has 1 aromatic carbocycles. The molecular formula is C21H20N3OS3. The average Bonchev–Trinajstić information content (AvgIpc) is 3.35. The van der Waals surface area contributed by atoms with Crippen molar-refractivity contribution in [2.45, 2.75) is 24.0 Å². The predicted octanol–water partition coefficient (Wildman–Crippen LogP) is 5.76. The summed E-state index contributed by atoms with van der Waals surface area (Å²) in [6.45, 7) is 6.06. The molecule has 4 rings (SSSR count). The molecule has 7 heteroatoms. The number of nitrogens with two attached hydrogens (primary N) is 1. The van der Waals surface area contributed by atoms with Crippen LogP contribution >= 0.6 is 22.7 Å². The zero-order valence-electron chi connectivity index (χ0n) is 15.5. The number of aromatic nitrogens is 2. The van der Waals surface area contributed by atoms with Crippen molar-refractivity contribution >= 4 is 49.8 Å². The molecular weight excluding hydrogens is 406 g/mol. The Labute approximate surface area is 175 Å². The Morgan fingerprint density at radius 1 is 1.25 bits per heavy atom. The Balaban J connectivity index is 1.93. The number of pyridine rings is 1. The number of hydrogen-bond acceptors (Lipinski definition) is 6. The molecule has 0 aliphatic rings. The van der Waals surface area contributed by atoms with Gasteiger partial charge in [-0.15, -0.1) is 11.3 Å². The Morgan fingerprint density at radius 3 is 2.71 bits per heavy atom. The lowest BCUT2D eigenvalue weighted by Gasteiger charge is -2.09. The smallest absolute Gasteiger partial charge is 0.232 e. The van der Waals surface area contributed by atoms with Gasteiger partial charge in [0.2, 0.25) is 4.21 Å². The van der Waals surface area contributed by atoms with Crippen LogP contribution in [0.25, 0.3) is 32.0 Å². The van der Waals surface area contributed by atoms with Crippen LogP contribution in [-0.4, -0.2) is 20.3 Å². The molecule has 0 spiro atoms. The van der Waals surface area contributed by atoms with E-state index in [1.807, 2.05) is 35.7 Å². The van der Waals surface area contributed by atoms with Gasteiger partial charge in [-0.2, -0.15) is 0 Å². The fourth-order valence-corrected chi connectivity index (χ4v) is 6.40. The maximum atomic E-state index is 12.8. The first-order chi connectivity index (χ1) is 13.6. The number of thiazole rings is 1. The molecule has 1 atom stereocenters. The van der Waals surface area contributed by atoms with Crippen molar-refractivity contribution in [2.75, 3.05) is 11.5 Å². The maximum Gasteiger partial charge on any atom is 0.232 e. The highest BCUT2D eigenvalue weighted by molar-refractivity contribution is 7.93. The third kappa shape index (κ3) is 3.67. The Morgan fingerprint density at radius 2 is 2.04 bits per heavy atom. The maximum absolute atomic E-state index is 12.8. The first kappa shape index (κ1) is 19.4. The van der Waals surface area contributed by atoms with E-state index in [9.17, 15) is 4.55 Å². The summed E-state index contributed by atoms with van der Waals surface area (Å²) in [4.78, 5) is 10.0. The van der Waals surface area contributed by atoms with Gasteiger partial charge in [0.1, 0.15) is 27.0 Å². The summed E-state index contributed by atoms with van der Waals surface area (Å²) < 4.78 is 13.5. The van der Waals surface area contributed by atoms with Gasteiger partial charge in [0, 0.05) is 17.0 Å². The van der Waals surface area contributed by atoms with Gasteiger partial charge in [-0.3, -0.25) is 0 Å². The van der Waals surface area contributed by atoms with Gasteiger partial charge in [-0.05, 0) is 47.3 Å². The quantitative estimate of drug-likeness (QED) is 0.398. The molecule has 0 saturated heterocycles. The molecule has 4 aromatic rings. The lowest BCUT2D eigenvalue weighted by Crippen LogP contribution is -2.06. The van der Waals surface area contributed by atoms with E-state index in [1.54, 1.807) is 17.5 Å². The molecule has 28 heavy (non-hydrogen) atoms. The van der Waals surface area contributed by atoms with E-state index < -0.39 is 11.2 Å². The number of benzene rings is 1. The predicted molar refractivity (Wildman–Crippen MR) is 121 cm³/mol. The molecule has 2 N–H and O–H groups in total. The number of unbranched alkanes of at least 4 members (excludes halogenated alkanes) is 1. The van der Waals surface area contributed by atoms with Crippen molar-refractivity contribution in [1.29, 1.82) is 0 Å². The van der Waals surface area contributed by atoms with Gasteiger partial charge < -0.3 is 10.3 Å².